The van der Waals surface area contributed by atoms with Crippen LogP contribution in [0.25, 0.3) is 16.9 Å². The number of aromatic nitrogens is 2. The second kappa shape index (κ2) is 11.6. The highest BCUT2D eigenvalue weighted by molar-refractivity contribution is 5.99. The van der Waals surface area contributed by atoms with Crippen LogP contribution in [0.4, 0.5) is 5.95 Å². The molecule has 4 rings (SSSR count). The van der Waals surface area contributed by atoms with Crippen LogP contribution in [0.3, 0.4) is 0 Å². The average molecular weight is 513 g/mol. The number of benzene rings is 3. The number of ether oxygens (including phenoxy) is 2. The summed E-state index contributed by atoms with van der Waals surface area (Å²) in [6.45, 7) is 5.65. The van der Waals surface area contributed by atoms with Crippen molar-refractivity contribution in [2.24, 2.45) is 0 Å². The molecular formula is C30H32N4O4. The van der Waals surface area contributed by atoms with Gasteiger partial charge in [0.05, 0.1) is 19.9 Å². The molecule has 0 saturated carbocycles. The number of carbonyl (C=O) groups is 2. The number of nitrogens with zero attached hydrogens (tertiary/aromatic N) is 3. The highest BCUT2D eigenvalue weighted by Gasteiger charge is 2.23. The molecule has 3 aromatic carbocycles. The first-order valence-electron chi connectivity index (χ1n) is 12.3. The summed E-state index contributed by atoms with van der Waals surface area (Å²) in [7, 11) is 3.19. The molecule has 0 aliphatic rings. The van der Waals surface area contributed by atoms with Gasteiger partial charge in [0.1, 0.15) is 18.0 Å². The Labute approximate surface area is 222 Å². The predicted molar refractivity (Wildman–Crippen MR) is 148 cm³/mol. The third-order valence-electron chi connectivity index (χ3n) is 6.19. The van der Waals surface area contributed by atoms with Gasteiger partial charge >= 0.3 is 0 Å². The van der Waals surface area contributed by atoms with Crippen LogP contribution in [0.15, 0.2) is 79.0 Å². The number of carbonyl (C=O) groups excluding carboxylic acids is 2. The number of methoxy groups -OCH3 is 2. The molecule has 1 N–H and O–H groups in total. The van der Waals surface area contributed by atoms with E-state index >= 15 is 0 Å². The van der Waals surface area contributed by atoms with E-state index in [9.17, 15) is 9.59 Å². The Morgan fingerprint density at radius 1 is 0.895 bits per heavy atom. The molecule has 8 nitrogen and oxygen atoms in total. The predicted octanol–water partition coefficient (Wildman–Crippen LogP) is 5.35. The van der Waals surface area contributed by atoms with Crippen LogP contribution in [-0.4, -0.2) is 53.1 Å². The second-order valence-corrected chi connectivity index (χ2v) is 9.19. The maximum atomic E-state index is 13.2. The Bertz CT molecular complexity index is 1390. The lowest BCUT2D eigenvalue weighted by molar-refractivity contribution is -0.117. The minimum atomic E-state index is -0.346. The summed E-state index contributed by atoms with van der Waals surface area (Å²) in [4.78, 5) is 32.7. The summed E-state index contributed by atoms with van der Waals surface area (Å²) in [5, 5.41) is 2.92. The van der Waals surface area contributed by atoms with Gasteiger partial charge in [0, 0.05) is 29.1 Å². The van der Waals surface area contributed by atoms with Crippen molar-refractivity contribution in [3.8, 4) is 28.4 Å². The third kappa shape index (κ3) is 6.03. The van der Waals surface area contributed by atoms with Crippen molar-refractivity contribution in [3.05, 3.63) is 90.1 Å². The van der Waals surface area contributed by atoms with Crippen molar-refractivity contribution < 1.29 is 19.1 Å². The fourth-order valence-electron chi connectivity index (χ4n) is 3.98. The highest BCUT2D eigenvalue weighted by atomic mass is 16.5. The first-order chi connectivity index (χ1) is 18.3. The van der Waals surface area contributed by atoms with E-state index in [0.29, 0.717) is 23.0 Å². The standard InChI is InChI=1S/C30H32N4O4/c1-20(2)33(29(36)23-10-16-26(38-5)17-11-23)19-28(35)32-30-31-27(22-8-14-25(37-4)15-9-22)18-34(30)24-12-6-21(3)7-13-24/h6-18,20H,19H2,1-5H3,(H,31,32,35). The van der Waals surface area contributed by atoms with Gasteiger partial charge in [-0.15, -0.1) is 0 Å². The van der Waals surface area contributed by atoms with Crippen molar-refractivity contribution in [1.82, 2.24) is 14.5 Å². The maximum absolute atomic E-state index is 13.2. The normalized spacial score (nSPS) is 10.8. The van der Waals surface area contributed by atoms with Crippen molar-refractivity contribution in [3.63, 3.8) is 0 Å². The molecule has 1 heterocycles. The fraction of sp³-hybridized carbons (Fsp3) is 0.233. The molecule has 0 aliphatic heterocycles. The zero-order valence-electron chi connectivity index (χ0n) is 22.3. The molecule has 0 aliphatic carbocycles. The van der Waals surface area contributed by atoms with Crippen LogP contribution in [-0.2, 0) is 4.79 Å². The molecule has 0 radical (unpaired) electrons. The number of hydrogen-bond donors (Lipinski definition) is 1. The Balaban J connectivity index is 1.60. The number of aryl methyl sites for hydroxylation is 1. The van der Waals surface area contributed by atoms with E-state index in [1.807, 2.05) is 80.1 Å². The van der Waals surface area contributed by atoms with E-state index in [-0.39, 0.29) is 24.4 Å². The smallest absolute Gasteiger partial charge is 0.254 e. The SMILES string of the molecule is COc1ccc(C(=O)N(CC(=O)Nc2nc(-c3ccc(OC)cc3)cn2-c2ccc(C)cc2)C(C)C)cc1. The zero-order chi connectivity index (χ0) is 27.2. The molecule has 2 amide bonds. The van der Waals surface area contributed by atoms with Gasteiger partial charge in [0.15, 0.2) is 0 Å². The molecule has 0 atom stereocenters. The molecule has 0 unspecified atom stereocenters. The van der Waals surface area contributed by atoms with Gasteiger partial charge in [0.25, 0.3) is 5.91 Å². The second-order valence-electron chi connectivity index (χ2n) is 9.19. The summed E-state index contributed by atoms with van der Waals surface area (Å²) in [5.74, 6) is 1.19. The molecule has 0 bridgehead atoms. The summed E-state index contributed by atoms with van der Waals surface area (Å²) >= 11 is 0. The van der Waals surface area contributed by atoms with Crippen molar-refractivity contribution >= 4 is 17.8 Å². The minimum absolute atomic E-state index is 0.124. The number of imidazole rings is 1. The summed E-state index contributed by atoms with van der Waals surface area (Å²) in [6, 6.07) is 22.2. The van der Waals surface area contributed by atoms with Crippen LogP contribution in [0.5, 0.6) is 11.5 Å². The van der Waals surface area contributed by atoms with E-state index in [4.69, 9.17) is 14.5 Å². The number of hydrogen-bond acceptors (Lipinski definition) is 5. The van der Waals surface area contributed by atoms with Gasteiger partial charge < -0.3 is 14.4 Å². The Kier molecular flexibility index (Phi) is 8.11. The third-order valence-corrected chi connectivity index (χ3v) is 6.19. The van der Waals surface area contributed by atoms with E-state index in [1.54, 1.807) is 38.5 Å². The Hall–Kier alpha value is -4.59. The summed E-state index contributed by atoms with van der Waals surface area (Å²) in [6.07, 6.45) is 1.88. The van der Waals surface area contributed by atoms with Gasteiger partial charge in [-0.2, -0.15) is 0 Å². The number of anilines is 1. The van der Waals surface area contributed by atoms with E-state index in [1.165, 1.54) is 4.90 Å². The Morgan fingerprint density at radius 2 is 1.47 bits per heavy atom. The number of amides is 2. The van der Waals surface area contributed by atoms with Gasteiger partial charge in [-0.05, 0) is 81.4 Å². The van der Waals surface area contributed by atoms with Crippen molar-refractivity contribution in [1.29, 1.82) is 0 Å². The number of rotatable bonds is 9. The lowest BCUT2D eigenvalue weighted by Crippen LogP contribution is -2.42. The van der Waals surface area contributed by atoms with Crippen LogP contribution < -0.4 is 14.8 Å². The van der Waals surface area contributed by atoms with E-state index < -0.39 is 0 Å². The van der Waals surface area contributed by atoms with E-state index in [2.05, 4.69) is 5.32 Å². The van der Waals surface area contributed by atoms with Crippen LogP contribution in [0.1, 0.15) is 29.8 Å². The van der Waals surface area contributed by atoms with Gasteiger partial charge in [0.2, 0.25) is 11.9 Å². The quantitative estimate of drug-likeness (QED) is 0.327. The molecule has 196 valence electrons. The molecule has 0 fully saturated rings. The van der Waals surface area contributed by atoms with E-state index in [0.717, 1.165) is 22.6 Å². The first kappa shape index (κ1) is 26.5. The largest absolute Gasteiger partial charge is 0.497 e. The van der Waals surface area contributed by atoms with Gasteiger partial charge in [-0.1, -0.05) is 17.7 Å². The summed E-state index contributed by atoms with van der Waals surface area (Å²) in [5.41, 5.74) is 4.03. The lowest BCUT2D eigenvalue weighted by Gasteiger charge is -2.26. The number of nitrogens with one attached hydrogen (secondary N) is 1. The monoisotopic (exact) mass is 512 g/mol. The zero-order valence-corrected chi connectivity index (χ0v) is 22.3. The van der Waals surface area contributed by atoms with Crippen LogP contribution in [0, 0.1) is 6.92 Å². The summed E-state index contributed by atoms with van der Waals surface area (Å²) < 4.78 is 12.3. The fourth-order valence-corrected chi connectivity index (χ4v) is 3.98. The maximum Gasteiger partial charge on any atom is 0.254 e. The molecule has 0 spiro atoms. The Morgan fingerprint density at radius 3 is 2.03 bits per heavy atom. The topological polar surface area (TPSA) is 85.7 Å². The highest BCUT2D eigenvalue weighted by Crippen LogP contribution is 2.26. The first-order valence-corrected chi connectivity index (χ1v) is 12.3. The minimum Gasteiger partial charge on any atom is -0.497 e. The average Bonchev–Trinajstić information content (AvgIpc) is 3.35. The van der Waals surface area contributed by atoms with Crippen molar-refractivity contribution in [2.75, 3.05) is 26.1 Å². The molecular weight excluding hydrogens is 480 g/mol. The molecule has 38 heavy (non-hydrogen) atoms. The lowest BCUT2D eigenvalue weighted by atomic mass is 10.1. The van der Waals surface area contributed by atoms with Gasteiger partial charge in [-0.3, -0.25) is 19.5 Å². The molecule has 0 saturated heterocycles. The van der Waals surface area contributed by atoms with Crippen LogP contribution in [0.2, 0.25) is 0 Å². The van der Waals surface area contributed by atoms with Gasteiger partial charge in [-0.25, -0.2) is 4.98 Å². The van der Waals surface area contributed by atoms with Crippen LogP contribution >= 0.6 is 0 Å². The molecule has 8 heteroatoms. The molecule has 1 aromatic heterocycles. The molecule has 4 aromatic rings. The van der Waals surface area contributed by atoms with Crippen molar-refractivity contribution in [2.45, 2.75) is 26.8 Å².